The largest absolute Gasteiger partial charge is 0.341 e. The number of nitrogens with one attached hydrogen (secondary N) is 1. The van der Waals surface area contributed by atoms with Gasteiger partial charge in [0.15, 0.2) is 0 Å². The molecule has 0 radical (unpaired) electrons. The zero-order valence-corrected chi connectivity index (χ0v) is 10.3. The van der Waals surface area contributed by atoms with Gasteiger partial charge >= 0.3 is 0 Å². The van der Waals surface area contributed by atoms with E-state index < -0.39 is 0 Å². The van der Waals surface area contributed by atoms with Crippen LogP contribution in [0.2, 0.25) is 0 Å². The number of carbonyl (C=O) groups is 1. The molecule has 2 atom stereocenters. The molecule has 88 valence electrons. The average molecular weight is 212 g/mol. The molecular weight excluding hydrogens is 188 g/mol. The number of hydrogen-bond donors (Lipinski definition) is 1. The molecule has 1 saturated heterocycles. The number of hydrogen-bond acceptors (Lipinski definition) is 2. The molecule has 3 nitrogen and oxygen atoms in total. The molecule has 1 aliphatic rings. The van der Waals surface area contributed by atoms with Gasteiger partial charge in [-0.25, -0.2) is 0 Å². The highest BCUT2D eigenvalue weighted by Crippen LogP contribution is 2.10. The first-order valence-corrected chi connectivity index (χ1v) is 6.20. The van der Waals surface area contributed by atoms with E-state index in [4.69, 9.17) is 0 Å². The van der Waals surface area contributed by atoms with Crippen molar-refractivity contribution in [1.29, 1.82) is 0 Å². The zero-order valence-electron chi connectivity index (χ0n) is 10.3. The number of nitrogens with zero attached hydrogens (tertiary/aromatic N) is 1. The average Bonchev–Trinajstić information content (AvgIpc) is 2.29. The third-order valence-corrected chi connectivity index (χ3v) is 3.19. The number of likely N-dealkylation sites (tertiary alicyclic amines) is 1. The monoisotopic (exact) mass is 212 g/mol. The molecule has 1 heterocycles. The van der Waals surface area contributed by atoms with Gasteiger partial charge in [-0.1, -0.05) is 6.92 Å². The van der Waals surface area contributed by atoms with E-state index in [9.17, 15) is 4.79 Å². The second kappa shape index (κ2) is 6.11. The van der Waals surface area contributed by atoms with E-state index in [0.29, 0.717) is 6.04 Å². The minimum absolute atomic E-state index is 0.0296. The topological polar surface area (TPSA) is 32.3 Å². The first-order valence-electron chi connectivity index (χ1n) is 6.20. The lowest BCUT2D eigenvalue weighted by Gasteiger charge is -2.30. The highest BCUT2D eigenvalue weighted by atomic mass is 16.2. The summed E-state index contributed by atoms with van der Waals surface area (Å²) in [5.74, 6) is 0.273. The standard InChI is InChI=1S/C12H24N2O/c1-4-10(2)13-11(3)12(15)14-8-6-5-7-9-14/h10-11,13H,4-9H2,1-3H3/t10?,11-/m0/s1. The van der Waals surface area contributed by atoms with Gasteiger partial charge in [0, 0.05) is 19.1 Å². The summed E-state index contributed by atoms with van der Waals surface area (Å²) in [6, 6.07) is 0.395. The Kier molecular flexibility index (Phi) is 5.09. The molecule has 1 amide bonds. The summed E-state index contributed by atoms with van der Waals surface area (Å²) < 4.78 is 0. The fraction of sp³-hybridized carbons (Fsp3) is 0.917. The lowest BCUT2D eigenvalue weighted by molar-refractivity contribution is -0.134. The Morgan fingerprint density at radius 2 is 1.87 bits per heavy atom. The molecule has 0 bridgehead atoms. The smallest absolute Gasteiger partial charge is 0.239 e. The molecule has 0 saturated carbocycles. The first kappa shape index (κ1) is 12.5. The molecule has 1 fully saturated rings. The Labute approximate surface area is 93.2 Å². The molecular formula is C12H24N2O. The highest BCUT2D eigenvalue weighted by Gasteiger charge is 2.22. The van der Waals surface area contributed by atoms with Gasteiger partial charge in [-0.05, 0) is 39.5 Å². The van der Waals surface area contributed by atoms with Crippen LogP contribution >= 0.6 is 0 Å². The van der Waals surface area contributed by atoms with Crippen LogP contribution in [-0.4, -0.2) is 36.0 Å². The Balaban J connectivity index is 2.37. The van der Waals surface area contributed by atoms with Crippen LogP contribution in [-0.2, 0) is 4.79 Å². The van der Waals surface area contributed by atoms with E-state index in [1.54, 1.807) is 0 Å². The third kappa shape index (κ3) is 3.82. The summed E-state index contributed by atoms with van der Waals surface area (Å²) in [7, 11) is 0. The van der Waals surface area contributed by atoms with Crippen molar-refractivity contribution in [3.63, 3.8) is 0 Å². The maximum atomic E-state index is 12.0. The molecule has 3 heteroatoms. The summed E-state index contributed by atoms with van der Waals surface area (Å²) in [5.41, 5.74) is 0. The van der Waals surface area contributed by atoms with Crippen molar-refractivity contribution >= 4 is 5.91 Å². The van der Waals surface area contributed by atoms with Gasteiger partial charge in [-0.2, -0.15) is 0 Å². The van der Waals surface area contributed by atoms with Crippen molar-refractivity contribution in [1.82, 2.24) is 10.2 Å². The summed E-state index contributed by atoms with van der Waals surface area (Å²) in [6.07, 6.45) is 4.68. The van der Waals surface area contributed by atoms with Gasteiger partial charge in [-0.15, -0.1) is 0 Å². The van der Waals surface area contributed by atoms with E-state index in [-0.39, 0.29) is 11.9 Å². The van der Waals surface area contributed by atoms with Gasteiger partial charge in [-0.3, -0.25) is 4.79 Å². The van der Waals surface area contributed by atoms with Crippen molar-refractivity contribution in [3.8, 4) is 0 Å². The van der Waals surface area contributed by atoms with Crippen molar-refractivity contribution in [3.05, 3.63) is 0 Å². The van der Waals surface area contributed by atoms with Crippen LogP contribution in [0, 0.1) is 0 Å². The van der Waals surface area contributed by atoms with Gasteiger partial charge < -0.3 is 10.2 Å². The first-order chi connectivity index (χ1) is 7.15. The third-order valence-electron chi connectivity index (χ3n) is 3.19. The van der Waals surface area contributed by atoms with Gasteiger partial charge in [0.05, 0.1) is 6.04 Å². The molecule has 0 spiro atoms. The zero-order chi connectivity index (χ0) is 11.3. The van der Waals surface area contributed by atoms with Crippen molar-refractivity contribution in [2.75, 3.05) is 13.1 Å². The molecule has 1 aliphatic heterocycles. The Bertz CT molecular complexity index is 200. The van der Waals surface area contributed by atoms with Crippen LogP contribution in [0.1, 0.15) is 46.5 Å². The normalized spacial score (nSPS) is 21.1. The lowest BCUT2D eigenvalue weighted by Crippen LogP contribution is -2.48. The summed E-state index contributed by atoms with van der Waals surface area (Å²) >= 11 is 0. The molecule has 0 aromatic rings. The van der Waals surface area contributed by atoms with E-state index in [1.165, 1.54) is 19.3 Å². The SMILES string of the molecule is CCC(C)N[C@@H](C)C(=O)N1CCCCC1. The van der Waals surface area contributed by atoms with Crippen LogP contribution in [0.4, 0.5) is 0 Å². The van der Waals surface area contributed by atoms with Crippen LogP contribution in [0.25, 0.3) is 0 Å². The fourth-order valence-corrected chi connectivity index (χ4v) is 2.00. The van der Waals surface area contributed by atoms with E-state index >= 15 is 0 Å². The van der Waals surface area contributed by atoms with Crippen molar-refractivity contribution in [2.24, 2.45) is 0 Å². The number of carbonyl (C=O) groups excluding carboxylic acids is 1. The summed E-state index contributed by atoms with van der Waals surface area (Å²) in [4.78, 5) is 14.0. The van der Waals surface area contributed by atoms with Crippen LogP contribution in [0.15, 0.2) is 0 Å². The van der Waals surface area contributed by atoms with Crippen LogP contribution in [0.3, 0.4) is 0 Å². The van der Waals surface area contributed by atoms with Crippen LogP contribution in [0.5, 0.6) is 0 Å². The Morgan fingerprint density at radius 1 is 1.27 bits per heavy atom. The maximum Gasteiger partial charge on any atom is 0.239 e. The van der Waals surface area contributed by atoms with E-state index in [1.807, 2.05) is 11.8 Å². The van der Waals surface area contributed by atoms with Crippen LogP contribution < -0.4 is 5.32 Å². The number of rotatable bonds is 4. The molecule has 0 aromatic heterocycles. The van der Waals surface area contributed by atoms with Crippen molar-refractivity contribution < 1.29 is 4.79 Å². The second-order valence-corrected chi connectivity index (χ2v) is 4.58. The minimum atomic E-state index is -0.0296. The second-order valence-electron chi connectivity index (χ2n) is 4.58. The molecule has 1 unspecified atom stereocenters. The molecule has 1 rings (SSSR count). The fourth-order valence-electron chi connectivity index (χ4n) is 2.00. The predicted octanol–water partition coefficient (Wildman–Crippen LogP) is 1.78. The maximum absolute atomic E-state index is 12.0. The summed E-state index contributed by atoms with van der Waals surface area (Å²) in [6.45, 7) is 8.13. The minimum Gasteiger partial charge on any atom is -0.341 e. The summed E-state index contributed by atoms with van der Waals surface area (Å²) in [5, 5.41) is 3.34. The lowest BCUT2D eigenvalue weighted by atomic mass is 10.1. The number of amides is 1. The van der Waals surface area contributed by atoms with E-state index in [2.05, 4.69) is 19.2 Å². The predicted molar refractivity (Wildman–Crippen MR) is 62.8 cm³/mol. The van der Waals surface area contributed by atoms with Gasteiger partial charge in [0.1, 0.15) is 0 Å². The van der Waals surface area contributed by atoms with Gasteiger partial charge in [0.2, 0.25) is 5.91 Å². The van der Waals surface area contributed by atoms with E-state index in [0.717, 1.165) is 19.5 Å². The van der Waals surface area contributed by atoms with Gasteiger partial charge in [0.25, 0.3) is 0 Å². The quantitative estimate of drug-likeness (QED) is 0.770. The molecule has 15 heavy (non-hydrogen) atoms. The highest BCUT2D eigenvalue weighted by molar-refractivity contribution is 5.81. The Hall–Kier alpha value is -0.570. The molecule has 1 N–H and O–H groups in total. The van der Waals surface area contributed by atoms with Crippen molar-refractivity contribution in [2.45, 2.75) is 58.5 Å². The number of piperidine rings is 1. The molecule has 0 aromatic carbocycles. The Morgan fingerprint density at radius 3 is 2.40 bits per heavy atom. The molecule has 0 aliphatic carbocycles.